The third-order valence-electron chi connectivity index (χ3n) is 2.80. The van der Waals surface area contributed by atoms with Crippen LogP contribution in [0.1, 0.15) is 5.56 Å². The van der Waals surface area contributed by atoms with Gasteiger partial charge < -0.3 is 10.5 Å². The van der Waals surface area contributed by atoms with Gasteiger partial charge in [-0.2, -0.15) is 0 Å². The first-order chi connectivity index (χ1) is 9.53. The van der Waals surface area contributed by atoms with E-state index in [4.69, 9.17) is 10.5 Å². The summed E-state index contributed by atoms with van der Waals surface area (Å²) in [6, 6.07) is 13.5. The summed E-state index contributed by atoms with van der Waals surface area (Å²) >= 11 is 0. The average molecular weight is 292 g/mol. The Labute approximate surface area is 118 Å². The van der Waals surface area contributed by atoms with E-state index in [2.05, 4.69) is 4.72 Å². The van der Waals surface area contributed by atoms with Gasteiger partial charge in [-0.05, 0) is 29.8 Å². The van der Waals surface area contributed by atoms with Crippen LogP contribution in [-0.2, 0) is 16.6 Å². The molecule has 2 aromatic rings. The van der Waals surface area contributed by atoms with Crippen molar-refractivity contribution in [1.29, 1.82) is 0 Å². The highest BCUT2D eigenvalue weighted by Crippen LogP contribution is 2.22. The monoisotopic (exact) mass is 292 g/mol. The Balaban J connectivity index is 2.17. The number of hydrogen-bond donors (Lipinski definition) is 2. The summed E-state index contributed by atoms with van der Waals surface area (Å²) in [4.78, 5) is 0.123. The minimum Gasteiger partial charge on any atom is -0.495 e. The molecule has 0 aromatic heterocycles. The maximum absolute atomic E-state index is 12.2. The molecule has 5 nitrogen and oxygen atoms in total. The number of sulfonamides is 1. The zero-order valence-corrected chi connectivity index (χ0v) is 11.9. The largest absolute Gasteiger partial charge is 0.495 e. The first-order valence-electron chi connectivity index (χ1n) is 6.00. The summed E-state index contributed by atoms with van der Waals surface area (Å²) in [5, 5.41) is 0. The lowest BCUT2D eigenvalue weighted by molar-refractivity contribution is 0.402. The van der Waals surface area contributed by atoms with E-state index in [-0.39, 0.29) is 11.4 Å². The first-order valence-corrected chi connectivity index (χ1v) is 7.48. The van der Waals surface area contributed by atoms with Crippen LogP contribution in [0.5, 0.6) is 5.75 Å². The molecule has 6 heteroatoms. The molecule has 0 amide bonds. The Morgan fingerprint density at radius 2 is 1.75 bits per heavy atom. The van der Waals surface area contributed by atoms with Crippen LogP contribution in [0.25, 0.3) is 0 Å². The lowest BCUT2D eigenvalue weighted by atomic mass is 10.2. The van der Waals surface area contributed by atoms with Gasteiger partial charge in [-0.1, -0.05) is 24.3 Å². The highest BCUT2D eigenvalue weighted by atomic mass is 32.2. The molecule has 106 valence electrons. The fourth-order valence-corrected chi connectivity index (χ4v) is 2.92. The fraction of sp³-hybridized carbons (Fsp3) is 0.143. The highest BCUT2D eigenvalue weighted by Gasteiger charge is 2.18. The van der Waals surface area contributed by atoms with E-state index in [0.717, 1.165) is 5.56 Å². The molecule has 0 fully saturated rings. The SMILES string of the molecule is COc1ccccc1S(=O)(=O)NCc1ccc(N)cc1. The Kier molecular flexibility index (Phi) is 4.26. The highest BCUT2D eigenvalue weighted by molar-refractivity contribution is 7.89. The van der Waals surface area contributed by atoms with E-state index in [1.165, 1.54) is 13.2 Å². The second-order valence-electron chi connectivity index (χ2n) is 4.22. The first kappa shape index (κ1) is 14.4. The zero-order valence-electron chi connectivity index (χ0n) is 11.0. The molecule has 0 saturated carbocycles. The second kappa shape index (κ2) is 5.94. The second-order valence-corrected chi connectivity index (χ2v) is 5.95. The van der Waals surface area contributed by atoms with Crippen LogP contribution in [-0.4, -0.2) is 15.5 Å². The quantitative estimate of drug-likeness (QED) is 0.823. The van der Waals surface area contributed by atoms with Gasteiger partial charge in [0, 0.05) is 12.2 Å². The standard InChI is InChI=1S/C14H16N2O3S/c1-19-13-4-2-3-5-14(13)20(17,18)16-10-11-6-8-12(15)9-7-11/h2-9,16H,10,15H2,1H3. The van der Waals surface area contributed by atoms with Crippen LogP contribution in [0.2, 0.25) is 0 Å². The smallest absolute Gasteiger partial charge is 0.244 e. The summed E-state index contributed by atoms with van der Waals surface area (Å²) in [7, 11) is -2.18. The van der Waals surface area contributed by atoms with Crippen molar-refractivity contribution in [1.82, 2.24) is 4.72 Å². The summed E-state index contributed by atoms with van der Waals surface area (Å²) in [6.45, 7) is 0.195. The zero-order chi connectivity index (χ0) is 14.6. The number of nitrogens with one attached hydrogen (secondary N) is 1. The molecule has 0 aliphatic rings. The number of rotatable bonds is 5. The van der Waals surface area contributed by atoms with Crippen LogP contribution in [0, 0.1) is 0 Å². The van der Waals surface area contributed by atoms with Crippen molar-refractivity contribution in [2.75, 3.05) is 12.8 Å². The van der Waals surface area contributed by atoms with Gasteiger partial charge >= 0.3 is 0 Å². The number of nitrogens with two attached hydrogens (primary N) is 1. The Morgan fingerprint density at radius 1 is 1.10 bits per heavy atom. The van der Waals surface area contributed by atoms with Gasteiger partial charge in [-0.3, -0.25) is 0 Å². The van der Waals surface area contributed by atoms with E-state index in [9.17, 15) is 8.42 Å². The molecule has 0 atom stereocenters. The molecule has 0 bridgehead atoms. The van der Waals surface area contributed by atoms with Crippen molar-refractivity contribution in [3.8, 4) is 5.75 Å². The van der Waals surface area contributed by atoms with Gasteiger partial charge in [0.25, 0.3) is 0 Å². The maximum Gasteiger partial charge on any atom is 0.244 e. The molecule has 0 aliphatic heterocycles. The summed E-state index contributed by atoms with van der Waals surface area (Å²) in [5.41, 5.74) is 7.05. The number of hydrogen-bond acceptors (Lipinski definition) is 4. The van der Waals surface area contributed by atoms with Crippen molar-refractivity contribution in [3.63, 3.8) is 0 Å². The number of ether oxygens (including phenoxy) is 1. The van der Waals surface area contributed by atoms with Crippen molar-refractivity contribution >= 4 is 15.7 Å². The van der Waals surface area contributed by atoms with Crippen molar-refractivity contribution in [2.45, 2.75) is 11.4 Å². The lowest BCUT2D eigenvalue weighted by Crippen LogP contribution is -2.23. The molecule has 0 unspecified atom stereocenters. The van der Waals surface area contributed by atoms with Crippen molar-refractivity contribution in [3.05, 3.63) is 54.1 Å². The van der Waals surface area contributed by atoms with E-state index >= 15 is 0 Å². The van der Waals surface area contributed by atoms with Crippen molar-refractivity contribution in [2.24, 2.45) is 0 Å². The fourth-order valence-electron chi connectivity index (χ4n) is 1.73. The molecule has 20 heavy (non-hydrogen) atoms. The number of anilines is 1. The minimum atomic E-state index is -3.62. The summed E-state index contributed by atoms with van der Waals surface area (Å²) in [5.74, 6) is 0.317. The Bertz CT molecular complexity index is 682. The molecule has 0 radical (unpaired) electrons. The topological polar surface area (TPSA) is 81.4 Å². The molecule has 3 N–H and O–H groups in total. The van der Waals surface area contributed by atoms with Crippen molar-refractivity contribution < 1.29 is 13.2 Å². The third-order valence-corrected chi connectivity index (χ3v) is 4.25. The summed E-state index contributed by atoms with van der Waals surface area (Å²) in [6.07, 6.45) is 0. The number of para-hydroxylation sites is 1. The number of benzene rings is 2. The van der Waals surface area contributed by atoms with Crippen LogP contribution >= 0.6 is 0 Å². The summed E-state index contributed by atoms with van der Waals surface area (Å²) < 4.78 is 32.1. The minimum absolute atomic E-state index is 0.123. The number of methoxy groups -OCH3 is 1. The van der Waals surface area contributed by atoms with Gasteiger partial charge in [0.1, 0.15) is 10.6 Å². The molecule has 2 rings (SSSR count). The van der Waals surface area contributed by atoms with Crippen LogP contribution in [0.4, 0.5) is 5.69 Å². The van der Waals surface area contributed by atoms with E-state index in [0.29, 0.717) is 11.4 Å². The van der Waals surface area contributed by atoms with Gasteiger partial charge in [0.05, 0.1) is 7.11 Å². The van der Waals surface area contributed by atoms with Crippen LogP contribution < -0.4 is 15.2 Å². The Hall–Kier alpha value is -2.05. The third kappa shape index (κ3) is 3.28. The lowest BCUT2D eigenvalue weighted by Gasteiger charge is -2.10. The molecule has 0 saturated heterocycles. The number of nitrogen functional groups attached to an aromatic ring is 1. The van der Waals surface area contributed by atoms with E-state index < -0.39 is 10.0 Å². The van der Waals surface area contributed by atoms with Gasteiger partial charge in [-0.15, -0.1) is 0 Å². The van der Waals surface area contributed by atoms with Crippen LogP contribution in [0.3, 0.4) is 0 Å². The maximum atomic E-state index is 12.2. The van der Waals surface area contributed by atoms with E-state index in [1.54, 1.807) is 42.5 Å². The normalized spacial score (nSPS) is 11.2. The van der Waals surface area contributed by atoms with Crippen LogP contribution in [0.15, 0.2) is 53.4 Å². The molecular formula is C14H16N2O3S. The van der Waals surface area contributed by atoms with E-state index in [1.807, 2.05) is 0 Å². The Morgan fingerprint density at radius 3 is 2.40 bits per heavy atom. The predicted octanol–water partition coefficient (Wildman–Crippen LogP) is 1.76. The van der Waals surface area contributed by atoms with Gasteiger partial charge in [-0.25, -0.2) is 13.1 Å². The molecule has 2 aromatic carbocycles. The molecular weight excluding hydrogens is 276 g/mol. The molecule has 0 heterocycles. The van der Waals surface area contributed by atoms with Gasteiger partial charge in [0.15, 0.2) is 0 Å². The molecule has 0 aliphatic carbocycles. The average Bonchev–Trinajstić information content (AvgIpc) is 2.46. The van der Waals surface area contributed by atoms with Gasteiger partial charge in [0.2, 0.25) is 10.0 Å². The molecule has 0 spiro atoms. The predicted molar refractivity (Wildman–Crippen MR) is 77.9 cm³/mol.